The first-order chi connectivity index (χ1) is 8.18. The SMILES string of the molecule is CN(CCN1CCNC1=O)c1ccncc1N. The van der Waals surface area contributed by atoms with Crippen LogP contribution in [0.3, 0.4) is 0 Å². The fourth-order valence-corrected chi connectivity index (χ4v) is 1.86. The minimum absolute atomic E-state index is 0.0149. The molecule has 0 saturated carbocycles. The van der Waals surface area contributed by atoms with E-state index in [-0.39, 0.29) is 6.03 Å². The lowest BCUT2D eigenvalue weighted by Crippen LogP contribution is -2.35. The van der Waals surface area contributed by atoms with E-state index in [2.05, 4.69) is 10.3 Å². The number of urea groups is 1. The van der Waals surface area contributed by atoms with Crippen molar-refractivity contribution in [3.63, 3.8) is 0 Å². The largest absolute Gasteiger partial charge is 0.396 e. The third-order valence-electron chi connectivity index (χ3n) is 2.89. The third kappa shape index (κ3) is 2.58. The highest BCUT2D eigenvalue weighted by molar-refractivity contribution is 5.76. The number of rotatable bonds is 4. The van der Waals surface area contributed by atoms with Gasteiger partial charge in [-0.15, -0.1) is 0 Å². The van der Waals surface area contributed by atoms with Gasteiger partial charge in [-0.05, 0) is 6.07 Å². The van der Waals surface area contributed by atoms with Crippen molar-refractivity contribution in [2.75, 3.05) is 43.9 Å². The summed E-state index contributed by atoms with van der Waals surface area (Å²) in [5, 5.41) is 2.78. The molecule has 0 aliphatic carbocycles. The fraction of sp³-hybridized carbons (Fsp3) is 0.455. The number of hydrogen-bond donors (Lipinski definition) is 2. The van der Waals surface area contributed by atoms with E-state index in [1.165, 1.54) is 0 Å². The summed E-state index contributed by atoms with van der Waals surface area (Å²) in [6, 6.07) is 1.89. The Morgan fingerprint density at radius 2 is 2.47 bits per heavy atom. The lowest BCUT2D eigenvalue weighted by molar-refractivity contribution is 0.218. The molecule has 0 aromatic carbocycles. The number of nitrogen functional groups attached to an aromatic ring is 1. The molecule has 3 N–H and O–H groups in total. The first-order valence-electron chi connectivity index (χ1n) is 5.62. The molecule has 2 rings (SSSR count). The maximum Gasteiger partial charge on any atom is 0.317 e. The van der Waals surface area contributed by atoms with Crippen LogP contribution < -0.4 is 16.0 Å². The van der Waals surface area contributed by atoms with Crippen LogP contribution in [-0.2, 0) is 0 Å². The summed E-state index contributed by atoms with van der Waals surface area (Å²) in [5.41, 5.74) is 7.43. The fourth-order valence-electron chi connectivity index (χ4n) is 1.86. The predicted molar refractivity (Wildman–Crippen MR) is 66.9 cm³/mol. The standard InChI is InChI=1S/C11H17N5O/c1-15(10-2-3-13-8-9(10)12)6-7-16-5-4-14-11(16)17/h2-3,8H,4-7,12H2,1H3,(H,14,17). The number of nitrogens with zero attached hydrogens (tertiary/aromatic N) is 3. The van der Waals surface area contributed by atoms with E-state index >= 15 is 0 Å². The number of carbonyl (C=O) groups is 1. The highest BCUT2D eigenvalue weighted by Crippen LogP contribution is 2.19. The van der Waals surface area contributed by atoms with Gasteiger partial charge in [-0.2, -0.15) is 0 Å². The Morgan fingerprint density at radius 1 is 1.65 bits per heavy atom. The summed E-state index contributed by atoms with van der Waals surface area (Å²) < 4.78 is 0. The smallest absolute Gasteiger partial charge is 0.317 e. The van der Waals surface area contributed by atoms with E-state index < -0.39 is 0 Å². The van der Waals surface area contributed by atoms with Crippen LogP contribution in [-0.4, -0.2) is 49.1 Å². The molecule has 1 fully saturated rings. The molecule has 0 radical (unpaired) electrons. The molecule has 6 heteroatoms. The third-order valence-corrected chi connectivity index (χ3v) is 2.89. The van der Waals surface area contributed by atoms with E-state index in [1.807, 2.05) is 18.0 Å². The topological polar surface area (TPSA) is 74.5 Å². The Hall–Kier alpha value is -1.98. The van der Waals surface area contributed by atoms with Gasteiger partial charge in [0.1, 0.15) is 0 Å². The molecule has 2 amide bonds. The van der Waals surface area contributed by atoms with Crippen molar-refractivity contribution in [3.8, 4) is 0 Å². The Bertz CT molecular complexity index is 409. The summed E-state index contributed by atoms with van der Waals surface area (Å²) >= 11 is 0. The lowest BCUT2D eigenvalue weighted by Gasteiger charge is -2.23. The quantitative estimate of drug-likeness (QED) is 0.777. The van der Waals surface area contributed by atoms with E-state index in [0.29, 0.717) is 12.2 Å². The number of nitrogens with two attached hydrogens (primary N) is 1. The van der Waals surface area contributed by atoms with Gasteiger partial charge in [0, 0.05) is 39.4 Å². The Balaban J connectivity index is 1.91. The molecule has 6 nitrogen and oxygen atoms in total. The van der Waals surface area contributed by atoms with Crippen molar-refractivity contribution in [1.29, 1.82) is 0 Å². The average molecular weight is 235 g/mol. The lowest BCUT2D eigenvalue weighted by atomic mass is 10.3. The predicted octanol–water partition coefficient (Wildman–Crippen LogP) is 0.125. The van der Waals surface area contributed by atoms with Crippen LogP contribution >= 0.6 is 0 Å². The van der Waals surface area contributed by atoms with Crippen LogP contribution in [0.4, 0.5) is 16.2 Å². The first-order valence-corrected chi connectivity index (χ1v) is 5.62. The highest BCUT2D eigenvalue weighted by atomic mass is 16.2. The van der Waals surface area contributed by atoms with Crippen molar-refractivity contribution >= 4 is 17.4 Å². The van der Waals surface area contributed by atoms with E-state index in [4.69, 9.17) is 5.73 Å². The second-order valence-electron chi connectivity index (χ2n) is 4.08. The van der Waals surface area contributed by atoms with Crippen molar-refractivity contribution < 1.29 is 4.79 Å². The average Bonchev–Trinajstić information content (AvgIpc) is 2.72. The molecule has 1 saturated heterocycles. The van der Waals surface area contributed by atoms with Crippen molar-refractivity contribution in [3.05, 3.63) is 18.5 Å². The first kappa shape index (κ1) is 11.5. The van der Waals surface area contributed by atoms with Gasteiger partial charge in [0.2, 0.25) is 0 Å². The zero-order valence-corrected chi connectivity index (χ0v) is 9.89. The zero-order valence-electron chi connectivity index (χ0n) is 9.89. The second-order valence-corrected chi connectivity index (χ2v) is 4.08. The minimum atomic E-state index is 0.0149. The second kappa shape index (κ2) is 4.90. The van der Waals surface area contributed by atoms with Crippen LogP contribution in [0, 0.1) is 0 Å². The van der Waals surface area contributed by atoms with Gasteiger partial charge in [0.05, 0.1) is 17.6 Å². The normalized spacial score (nSPS) is 14.9. The van der Waals surface area contributed by atoms with E-state index in [9.17, 15) is 4.79 Å². The summed E-state index contributed by atoms with van der Waals surface area (Å²) in [6.45, 7) is 2.96. The van der Waals surface area contributed by atoms with Gasteiger partial charge in [0.25, 0.3) is 0 Å². The van der Waals surface area contributed by atoms with E-state index in [1.54, 1.807) is 17.3 Å². The molecule has 0 bridgehead atoms. The number of nitrogens with one attached hydrogen (secondary N) is 1. The number of aromatic nitrogens is 1. The molecule has 1 aliphatic rings. The number of likely N-dealkylation sites (N-methyl/N-ethyl adjacent to an activating group) is 1. The summed E-state index contributed by atoms with van der Waals surface area (Å²) in [7, 11) is 1.96. The van der Waals surface area contributed by atoms with Gasteiger partial charge in [-0.1, -0.05) is 0 Å². The maximum atomic E-state index is 11.4. The Labute approximate surface area is 100 Å². The maximum absolute atomic E-state index is 11.4. The summed E-state index contributed by atoms with van der Waals surface area (Å²) in [6.07, 6.45) is 3.35. The minimum Gasteiger partial charge on any atom is -0.396 e. The number of carbonyl (C=O) groups excluding carboxylic acids is 1. The molecule has 0 unspecified atom stereocenters. The number of hydrogen-bond acceptors (Lipinski definition) is 4. The Morgan fingerprint density at radius 3 is 3.12 bits per heavy atom. The molecule has 17 heavy (non-hydrogen) atoms. The van der Waals surface area contributed by atoms with Crippen LogP contribution in [0.1, 0.15) is 0 Å². The molecule has 1 aromatic heterocycles. The molecular formula is C11H17N5O. The zero-order chi connectivity index (χ0) is 12.3. The molecule has 1 aromatic rings. The van der Waals surface area contributed by atoms with Crippen molar-refractivity contribution in [2.45, 2.75) is 0 Å². The monoisotopic (exact) mass is 235 g/mol. The van der Waals surface area contributed by atoms with Crippen LogP contribution in [0.25, 0.3) is 0 Å². The molecular weight excluding hydrogens is 218 g/mol. The van der Waals surface area contributed by atoms with Gasteiger partial charge < -0.3 is 20.9 Å². The van der Waals surface area contributed by atoms with Crippen LogP contribution in [0.2, 0.25) is 0 Å². The van der Waals surface area contributed by atoms with Gasteiger partial charge in [0.15, 0.2) is 0 Å². The van der Waals surface area contributed by atoms with Crippen LogP contribution in [0.5, 0.6) is 0 Å². The van der Waals surface area contributed by atoms with Crippen molar-refractivity contribution in [1.82, 2.24) is 15.2 Å². The van der Waals surface area contributed by atoms with Gasteiger partial charge >= 0.3 is 6.03 Å². The molecule has 1 aliphatic heterocycles. The summed E-state index contributed by atoms with van der Waals surface area (Å²) in [4.78, 5) is 19.1. The van der Waals surface area contributed by atoms with Gasteiger partial charge in [-0.25, -0.2) is 4.79 Å². The van der Waals surface area contributed by atoms with Gasteiger partial charge in [-0.3, -0.25) is 4.98 Å². The highest BCUT2D eigenvalue weighted by Gasteiger charge is 2.19. The van der Waals surface area contributed by atoms with E-state index in [0.717, 1.165) is 25.3 Å². The summed E-state index contributed by atoms with van der Waals surface area (Å²) in [5.74, 6) is 0. The Kier molecular flexibility index (Phi) is 3.32. The van der Waals surface area contributed by atoms with Crippen LogP contribution in [0.15, 0.2) is 18.5 Å². The molecule has 0 spiro atoms. The number of pyridine rings is 1. The van der Waals surface area contributed by atoms with Crippen molar-refractivity contribution in [2.24, 2.45) is 0 Å². The number of amides is 2. The molecule has 0 atom stereocenters. The number of anilines is 2. The molecule has 2 heterocycles. The molecule has 92 valence electrons.